The Morgan fingerprint density at radius 1 is 0.260 bits per heavy atom. The summed E-state index contributed by atoms with van der Waals surface area (Å²) in [6.07, 6.45) is -61.9. The van der Waals surface area contributed by atoms with Crippen molar-refractivity contribution in [2.45, 2.75) is 209 Å². The lowest BCUT2D eigenvalue weighted by atomic mass is 9.94. The van der Waals surface area contributed by atoms with Crippen LogP contribution >= 0.6 is 0 Å². The molecule has 7 rings (SSSR count). The van der Waals surface area contributed by atoms with Gasteiger partial charge in [0.05, 0.1) is 58.4 Å². The Morgan fingerprint density at radius 3 is 0.740 bits per heavy atom. The molecule has 7 aliphatic heterocycles. The van der Waals surface area contributed by atoms with Gasteiger partial charge in [-0.1, -0.05) is 0 Å². The van der Waals surface area contributed by atoms with Crippen LogP contribution in [0.15, 0.2) is 0 Å². The summed E-state index contributed by atoms with van der Waals surface area (Å²) in [6.45, 7) is -6.58. The van der Waals surface area contributed by atoms with Gasteiger partial charge in [-0.25, -0.2) is 0 Å². The number of piperidine rings is 1. The fraction of sp³-hybridized carbons (Fsp3) is 1.00. The van der Waals surface area contributed by atoms with E-state index in [0.29, 0.717) is 0 Å². The maximum Gasteiger partial charge on any atom is 0.187 e. The van der Waals surface area contributed by atoms with E-state index < -0.39 is 255 Å². The van der Waals surface area contributed by atoms with Crippen molar-refractivity contribution in [3.8, 4) is 0 Å². The minimum Gasteiger partial charge on any atom is -0.395 e. The Hall–Kier alpha value is -1.40. The molecule has 77 heavy (non-hydrogen) atoms. The average Bonchev–Trinajstić information content (AvgIpc) is 3.43. The molecule has 7 heterocycles. The van der Waals surface area contributed by atoms with Gasteiger partial charge >= 0.3 is 0 Å². The van der Waals surface area contributed by atoms with Crippen LogP contribution < -0.4 is 5.32 Å². The van der Waals surface area contributed by atoms with Crippen molar-refractivity contribution < 1.29 is 169 Å². The van der Waals surface area contributed by atoms with Crippen molar-refractivity contribution >= 4 is 0 Å². The molecule has 0 aromatic heterocycles. The molecule has 0 radical (unpaired) electrons. The number of aliphatic hydroxyl groups is 22. The molecule has 0 bridgehead atoms. The van der Waals surface area contributed by atoms with E-state index in [9.17, 15) is 112 Å². The molecule has 7 aliphatic rings. The number of nitrogens with one attached hydrogen (secondary N) is 1. The molecular formula is C42H73NO34. The first-order valence-electron chi connectivity index (χ1n) is 24.7. The minimum atomic E-state index is -2.21. The second-order valence-corrected chi connectivity index (χ2v) is 19.6. The van der Waals surface area contributed by atoms with Gasteiger partial charge in [-0.3, -0.25) is 0 Å². The normalized spacial score (nSPS) is 53.1. The van der Waals surface area contributed by atoms with E-state index in [4.69, 9.17) is 56.8 Å². The summed E-state index contributed by atoms with van der Waals surface area (Å²) < 4.78 is 67.2. The highest BCUT2D eigenvalue weighted by atomic mass is 16.8. The summed E-state index contributed by atoms with van der Waals surface area (Å²) in [4.78, 5) is 0. The Morgan fingerprint density at radius 2 is 0.494 bits per heavy atom. The fourth-order valence-corrected chi connectivity index (χ4v) is 10.1. The number of rotatable bonds is 19. The van der Waals surface area contributed by atoms with E-state index >= 15 is 0 Å². The highest BCUT2D eigenvalue weighted by Gasteiger charge is 2.58. The van der Waals surface area contributed by atoms with Crippen molar-refractivity contribution in [1.29, 1.82) is 0 Å². The molecule has 0 amide bonds. The first-order valence-corrected chi connectivity index (χ1v) is 24.7. The third kappa shape index (κ3) is 13.0. The van der Waals surface area contributed by atoms with Crippen molar-refractivity contribution in [2.75, 3.05) is 52.8 Å². The second-order valence-electron chi connectivity index (χ2n) is 19.6. The molecule has 0 spiro atoms. The van der Waals surface area contributed by atoms with Crippen molar-refractivity contribution in [3.63, 3.8) is 0 Å². The smallest absolute Gasteiger partial charge is 0.187 e. The van der Waals surface area contributed by atoms with Crippen LogP contribution in [-0.2, 0) is 56.8 Å². The van der Waals surface area contributed by atoms with Crippen LogP contribution in [0, 0.1) is 0 Å². The predicted octanol–water partition coefficient (Wildman–Crippen LogP) is -16.0. The maximum absolute atomic E-state index is 11.3. The quantitative estimate of drug-likeness (QED) is 0.0571. The van der Waals surface area contributed by atoms with Gasteiger partial charge < -0.3 is 175 Å². The van der Waals surface area contributed by atoms with Crippen molar-refractivity contribution in [2.24, 2.45) is 0 Å². The Balaban J connectivity index is 0.947. The topological polar surface area (TPSA) is 568 Å². The lowest BCUT2D eigenvalue weighted by molar-refractivity contribution is -0.396. The van der Waals surface area contributed by atoms with Crippen LogP contribution in [0.2, 0.25) is 0 Å². The first kappa shape index (κ1) is 63.2. The minimum absolute atomic E-state index is 0.118. The summed E-state index contributed by atoms with van der Waals surface area (Å²) in [7, 11) is 0. The Bertz CT molecular complexity index is 1780. The number of hydrogen-bond donors (Lipinski definition) is 23. The molecule has 450 valence electrons. The monoisotopic (exact) mass is 1140 g/mol. The lowest BCUT2D eigenvalue weighted by Crippen LogP contribution is -2.68. The average molecular weight is 1140 g/mol. The number of β-amino-alcohol motifs (C(OH)–C–C–N with tert-alkyl or cyclic N) is 1. The number of ether oxygens (including phenoxy) is 12. The summed E-state index contributed by atoms with van der Waals surface area (Å²) in [6, 6.07) is -0.963. The van der Waals surface area contributed by atoms with Gasteiger partial charge in [0.25, 0.3) is 0 Å². The second kappa shape index (κ2) is 27.3. The molecule has 0 saturated carbocycles. The number of aliphatic hydroxyl groups excluding tert-OH is 22. The van der Waals surface area contributed by atoms with Crippen LogP contribution in [0.4, 0.5) is 0 Å². The molecular weight excluding hydrogens is 1060 g/mol. The van der Waals surface area contributed by atoms with Crippen LogP contribution in [-0.4, -0.2) is 374 Å². The predicted molar refractivity (Wildman–Crippen MR) is 233 cm³/mol. The van der Waals surface area contributed by atoms with Crippen molar-refractivity contribution in [1.82, 2.24) is 5.32 Å². The molecule has 0 aliphatic carbocycles. The number of hydrogen-bond acceptors (Lipinski definition) is 35. The molecule has 23 N–H and O–H groups in total. The molecule has 35 nitrogen and oxygen atoms in total. The summed E-state index contributed by atoms with van der Waals surface area (Å²) in [5, 5.41) is 236. The molecule has 34 atom stereocenters. The van der Waals surface area contributed by atoms with E-state index in [1.807, 2.05) is 0 Å². The van der Waals surface area contributed by atoms with Crippen LogP contribution in [0.1, 0.15) is 0 Å². The van der Waals surface area contributed by atoms with E-state index in [1.54, 1.807) is 0 Å². The summed E-state index contributed by atoms with van der Waals surface area (Å²) in [5.41, 5.74) is 0. The van der Waals surface area contributed by atoms with E-state index in [-0.39, 0.29) is 6.54 Å². The zero-order valence-corrected chi connectivity index (χ0v) is 40.5. The van der Waals surface area contributed by atoms with Gasteiger partial charge in [-0.05, 0) is 0 Å². The first-order chi connectivity index (χ1) is 36.6. The largest absolute Gasteiger partial charge is 0.395 e. The molecule has 35 heteroatoms. The molecule has 0 aromatic rings. The Kier molecular flexibility index (Phi) is 22.4. The molecule has 0 unspecified atom stereocenters. The van der Waals surface area contributed by atoms with Gasteiger partial charge in [0, 0.05) is 6.54 Å². The summed E-state index contributed by atoms with van der Waals surface area (Å²) >= 11 is 0. The summed E-state index contributed by atoms with van der Waals surface area (Å²) in [5.74, 6) is 0. The van der Waals surface area contributed by atoms with Crippen LogP contribution in [0.5, 0.6) is 0 Å². The maximum atomic E-state index is 11.3. The molecule has 7 fully saturated rings. The van der Waals surface area contributed by atoms with E-state index in [0.717, 1.165) is 0 Å². The van der Waals surface area contributed by atoms with Gasteiger partial charge in [0.15, 0.2) is 37.7 Å². The molecule has 7 saturated heterocycles. The standard InChI is InChI=1S/C42H73NO34/c44-2-9-31(17(52)10(51)1-43-9)72-38-26(61)20(55)33(12(4-46)67-38)74-40-28(63)22(57)35(14(6-48)69-40)76-42-30(65)24(59)36(16(8-50)71-42)77-41-29(64)23(58)34(15(7-49)70-41)75-39-27(62)21(56)32(13(5-47)68-39)73-37-25(60)19(54)18(53)11(3-45)66-37/h9-65H,1-8H2/t9-,10+,11-,12-,13-,14-,15-,16-,17-,18-,19+,20-,21-,22-,23-,24-,25-,26-,27-,28-,29-,30-,31-,32-,33-,34-,35-,36-,37+,38+,39+,40+,41+,42+/m1/s1. The lowest BCUT2D eigenvalue weighted by Gasteiger charge is -2.50. The van der Waals surface area contributed by atoms with E-state index in [1.165, 1.54) is 0 Å². The third-order valence-electron chi connectivity index (χ3n) is 14.6. The fourth-order valence-electron chi connectivity index (χ4n) is 10.1. The van der Waals surface area contributed by atoms with E-state index in [2.05, 4.69) is 5.32 Å². The highest BCUT2D eigenvalue weighted by molar-refractivity contribution is 5.01. The zero-order chi connectivity index (χ0) is 56.5. The Labute approximate surface area is 435 Å². The van der Waals surface area contributed by atoms with Gasteiger partial charge in [-0.2, -0.15) is 0 Å². The zero-order valence-electron chi connectivity index (χ0n) is 40.5. The third-order valence-corrected chi connectivity index (χ3v) is 14.6. The van der Waals surface area contributed by atoms with Gasteiger partial charge in [0.1, 0.15) is 159 Å². The molecule has 0 aromatic carbocycles. The van der Waals surface area contributed by atoms with Gasteiger partial charge in [-0.15, -0.1) is 0 Å². The van der Waals surface area contributed by atoms with Gasteiger partial charge in [0.2, 0.25) is 0 Å². The van der Waals surface area contributed by atoms with Crippen molar-refractivity contribution in [3.05, 3.63) is 0 Å². The highest BCUT2D eigenvalue weighted by Crippen LogP contribution is 2.37. The van der Waals surface area contributed by atoms with Crippen LogP contribution in [0.3, 0.4) is 0 Å². The van der Waals surface area contributed by atoms with Crippen LogP contribution in [0.25, 0.3) is 0 Å². The SMILES string of the molecule is OC[C@H]1NC[C@H](O)[C@@H](O)[C@@H]1O[C@@H]1O[C@H](CO)[C@@H](O[C@@H]2O[C@H](CO)[C@@H](O[C@@H]3O[C@H](CO)[C@@H](O[C@@H]4O[C@H](CO)[C@@H](O[C@@H]5O[C@H](CO)[C@@H](O[C@@H]6O[C@H](CO)[C@@H](O)[C@H](O)[C@H]6O)[C@H](O)[C@H]5O)[C@H](O)[C@H]4O)[C@H](O)[C@H]3O)[C@H](O)[C@H]2O)[C@H](O)[C@H]1O.